The molecule has 0 radical (unpaired) electrons. The maximum Gasteiger partial charge on any atom is 0.416 e. The van der Waals surface area contributed by atoms with Crippen LogP contribution in [0.25, 0.3) is 0 Å². The van der Waals surface area contributed by atoms with Crippen molar-refractivity contribution < 1.29 is 18.0 Å². The number of carbonyl (C=O) groups is 1. The lowest BCUT2D eigenvalue weighted by Gasteiger charge is -2.35. The third-order valence-electron chi connectivity index (χ3n) is 3.25. The van der Waals surface area contributed by atoms with Crippen LogP contribution in [0.15, 0.2) is 18.2 Å². The summed E-state index contributed by atoms with van der Waals surface area (Å²) in [5.41, 5.74) is -0.601. The molecule has 1 N–H and O–H groups in total. The molecule has 1 atom stereocenters. The molecule has 7 heteroatoms. The van der Waals surface area contributed by atoms with E-state index in [0.717, 1.165) is 12.1 Å². The van der Waals surface area contributed by atoms with Gasteiger partial charge in [0.25, 0.3) is 0 Å². The largest absolute Gasteiger partial charge is 0.416 e. The predicted molar refractivity (Wildman–Crippen MR) is 66.0 cm³/mol. The Balaban J connectivity index is 2.42. The van der Waals surface area contributed by atoms with Crippen LogP contribution in [0.5, 0.6) is 0 Å². The second kappa shape index (κ2) is 5.04. The van der Waals surface area contributed by atoms with Crippen LogP contribution >= 0.6 is 0 Å². The molecule has 0 saturated carbocycles. The molecule has 1 fully saturated rings. The fourth-order valence-electron chi connectivity index (χ4n) is 2.16. The van der Waals surface area contributed by atoms with Crippen molar-refractivity contribution in [2.75, 3.05) is 18.0 Å². The van der Waals surface area contributed by atoms with Gasteiger partial charge in [-0.3, -0.25) is 4.79 Å². The molecule has 106 valence electrons. The number of hydrogen-bond acceptors (Lipinski definition) is 3. The van der Waals surface area contributed by atoms with E-state index in [-0.39, 0.29) is 11.5 Å². The van der Waals surface area contributed by atoms with Gasteiger partial charge in [-0.2, -0.15) is 18.4 Å². The molecule has 1 aromatic rings. The molecule has 1 unspecified atom stereocenters. The first-order valence-corrected chi connectivity index (χ1v) is 6.00. The molecule has 2 rings (SSSR count). The molecular formula is C13H12F3N3O. The van der Waals surface area contributed by atoms with Crippen LogP contribution in [-0.4, -0.2) is 25.0 Å². The number of rotatable bonds is 1. The summed E-state index contributed by atoms with van der Waals surface area (Å²) in [6.45, 7) is 2.50. The van der Waals surface area contributed by atoms with Crippen LogP contribution in [-0.2, 0) is 11.0 Å². The Hall–Kier alpha value is -2.23. The van der Waals surface area contributed by atoms with Gasteiger partial charge in [0.1, 0.15) is 12.1 Å². The van der Waals surface area contributed by atoms with Gasteiger partial charge < -0.3 is 10.2 Å². The molecule has 1 aliphatic rings. The van der Waals surface area contributed by atoms with E-state index in [0.29, 0.717) is 18.8 Å². The normalized spacial score (nSPS) is 19.4. The summed E-state index contributed by atoms with van der Waals surface area (Å²) >= 11 is 0. The van der Waals surface area contributed by atoms with Crippen LogP contribution < -0.4 is 10.2 Å². The molecular weight excluding hydrogens is 271 g/mol. The number of amides is 1. The van der Waals surface area contributed by atoms with Crippen molar-refractivity contribution in [3.05, 3.63) is 29.3 Å². The fraction of sp³-hybridized carbons (Fsp3) is 0.385. The maximum absolute atomic E-state index is 12.6. The number of nitrogens with one attached hydrogen (secondary N) is 1. The summed E-state index contributed by atoms with van der Waals surface area (Å²) in [5.74, 6) is -0.208. The second-order valence-corrected chi connectivity index (χ2v) is 4.50. The van der Waals surface area contributed by atoms with Gasteiger partial charge in [0, 0.05) is 13.1 Å². The van der Waals surface area contributed by atoms with Crippen LogP contribution in [0.4, 0.5) is 18.9 Å². The first kappa shape index (κ1) is 14.2. The van der Waals surface area contributed by atoms with E-state index < -0.39 is 17.8 Å². The van der Waals surface area contributed by atoms with Crippen LogP contribution in [0, 0.1) is 11.3 Å². The average Bonchev–Trinajstić information content (AvgIpc) is 2.40. The number of anilines is 1. The predicted octanol–water partition coefficient (Wildman–Crippen LogP) is 1.90. The van der Waals surface area contributed by atoms with Gasteiger partial charge in [-0.25, -0.2) is 0 Å². The lowest BCUT2D eigenvalue weighted by Crippen LogP contribution is -2.54. The zero-order valence-electron chi connectivity index (χ0n) is 10.7. The fourth-order valence-corrected chi connectivity index (χ4v) is 2.16. The Bertz CT molecular complexity index is 577. The Morgan fingerprint density at radius 3 is 2.75 bits per heavy atom. The van der Waals surface area contributed by atoms with Gasteiger partial charge >= 0.3 is 6.18 Å². The smallest absolute Gasteiger partial charge is 0.357 e. The first-order chi connectivity index (χ1) is 9.34. The Morgan fingerprint density at radius 1 is 1.45 bits per heavy atom. The Morgan fingerprint density at radius 2 is 2.15 bits per heavy atom. The van der Waals surface area contributed by atoms with E-state index in [2.05, 4.69) is 5.32 Å². The standard InChI is InChI=1S/C13H12F3N3O/c1-8-12(20)18-4-5-19(8)11-3-2-10(13(14,15)16)6-9(11)7-17/h2-3,6,8H,4-5H2,1H3,(H,18,20). The highest BCUT2D eigenvalue weighted by Crippen LogP contribution is 2.33. The Kier molecular flexibility index (Phi) is 3.57. The van der Waals surface area contributed by atoms with E-state index >= 15 is 0 Å². The molecule has 1 aliphatic heterocycles. The number of benzene rings is 1. The zero-order chi connectivity index (χ0) is 14.9. The van der Waals surface area contributed by atoms with Gasteiger partial charge in [-0.05, 0) is 25.1 Å². The minimum atomic E-state index is -4.49. The van der Waals surface area contributed by atoms with Gasteiger partial charge in [-0.1, -0.05) is 0 Å². The molecule has 0 aliphatic carbocycles. The van der Waals surface area contributed by atoms with E-state index in [4.69, 9.17) is 5.26 Å². The highest BCUT2D eigenvalue weighted by Gasteiger charge is 2.33. The van der Waals surface area contributed by atoms with Crippen molar-refractivity contribution in [3.63, 3.8) is 0 Å². The quantitative estimate of drug-likeness (QED) is 0.856. The summed E-state index contributed by atoms with van der Waals surface area (Å²) < 4.78 is 37.9. The number of piperazine rings is 1. The lowest BCUT2D eigenvalue weighted by atomic mass is 10.1. The molecule has 1 aromatic carbocycles. The second-order valence-electron chi connectivity index (χ2n) is 4.50. The van der Waals surface area contributed by atoms with Crippen molar-refractivity contribution in [2.24, 2.45) is 0 Å². The van der Waals surface area contributed by atoms with Crippen molar-refractivity contribution >= 4 is 11.6 Å². The van der Waals surface area contributed by atoms with Gasteiger partial charge in [0.2, 0.25) is 5.91 Å². The van der Waals surface area contributed by atoms with E-state index in [9.17, 15) is 18.0 Å². The van der Waals surface area contributed by atoms with Gasteiger partial charge in [0.15, 0.2) is 0 Å². The first-order valence-electron chi connectivity index (χ1n) is 6.00. The highest BCUT2D eigenvalue weighted by molar-refractivity contribution is 5.86. The topological polar surface area (TPSA) is 56.1 Å². The number of hydrogen-bond donors (Lipinski definition) is 1. The molecule has 1 heterocycles. The molecule has 0 bridgehead atoms. The minimum absolute atomic E-state index is 0.0821. The summed E-state index contributed by atoms with van der Waals surface area (Å²) in [6.07, 6.45) is -4.49. The number of nitrogens with zero attached hydrogens (tertiary/aromatic N) is 2. The van der Waals surface area contributed by atoms with Gasteiger partial charge in [0.05, 0.1) is 16.8 Å². The maximum atomic E-state index is 12.6. The van der Waals surface area contributed by atoms with E-state index in [1.54, 1.807) is 17.9 Å². The van der Waals surface area contributed by atoms with Crippen molar-refractivity contribution in [1.82, 2.24) is 5.32 Å². The zero-order valence-corrected chi connectivity index (χ0v) is 10.7. The van der Waals surface area contributed by atoms with E-state index in [1.807, 2.05) is 0 Å². The van der Waals surface area contributed by atoms with Crippen molar-refractivity contribution in [3.8, 4) is 6.07 Å². The highest BCUT2D eigenvalue weighted by atomic mass is 19.4. The monoisotopic (exact) mass is 283 g/mol. The Labute approximate surface area is 113 Å². The summed E-state index contributed by atoms with van der Waals surface area (Å²) in [6, 6.07) is 4.23. The average molecular weight is 283 g/mol. The molecule has 1 amide bonds. The van der Waals surface area contributed by atoms with Crippen molar-refractivity contribution in [1.29, 1.82) is 5.26 Å². The summed E-state index contributed by atoms with van der Waals surface area (Å²) in [4.78, 5) is 13.2. The number of nitriles is 1. The third-order valence-corrected chi connectivity index (χ3v) is 3.25. The molecule has 0 aromatic heterocycles. The SMILES string of the molecule is CC1C(=O)NCCN1c1ccc(C(F)(F)F)cc1C#N. The van der Waals surface area contributed by atoms with Crippen LogP contribution in [0.2, 0.25) is 0 Å². The molecule has 20 heavy (non-hydrogen) atoms. The lowest BCUT2D eigenvalue weighted by molar-refractivity contribution is -0.137. The number of halogens is 3. The molecule has 1 saturated heterocycles. The summed E-state index contributed by atoms with van der Waals surface area (Å²) in [5, 5.41) is 11.7. The van der Waals surface area contributed by atoms with E-state index in [1.165, 1.54) is 6.07 Å². The minimum Gasteiger partial charge on any atom is -0.357 e. The summed E-state index contributed by atoms with van der Waals surface area (Å²) in [7, 11) is 0. The number of alkyl halides is 3. The van der Waals surface area contributed by atoms with Gasteiger partial charge in [-0.15, -0.1) is 0 Å². The molecule has 0 spiro atoms. The van der Waals surface area contributed by atoms with Crippen LogP contribution in [0.1, 0.15) is 18.1 Å². The number of carbonyl (C=O) groups excluding carboxylic acids is 1. The van der Waals surface area contributed by atoms with Crippen molar-refractivity contribution in [2.45, 2.75) is 19.1 Å². The molecule has 4 nitrogen and oxygen atoms in total. The third kappa shape index (κ3) is 2.54. The van der Waals surface area contributed by atoms with Crippen LogP contribution in [0.3, 0.4) is 0 Å².